The molecule has 5 nitrogen and oxygen atoms in total. The van der Waals surface area contributed by atoms with Crippen LogP contribution in [0.15, 0.2) is 0 Å². The van der Waals surface area contributed by atoms with Gasteiger partial charge in [-0.05, 0) is 0 Å². The van der Waals surface area contributed by atoms with E-state index in [1.807, 2.05) is 0 Å². The van der Waals surface area contributed by atoms with Crippen molar-refractivity contribution in [3.8, 4) is 0 Å². The number of nitrogens with zero attached hydrogens (tertiary/aromatic N) is 1. The Morgan fingerprint density at radius 2 is 2.00 bits per heavy atom. The lowest BCUT2D eigenvalue weighted by Gasteiger charge is -2.10. The molecule has 0 atom stereocenters. The van der Waals surface area contributed by atoms with Crippen molar-refractivity contribution in [1.82, 2.24) is 9.62 Å². The average molecular weight is 229 g/mol. The summed E-state index contributed by atoms with van der Waals surface area (Å²) in [6, 6.07) is 0. The predicted molar refractivity (Wildman–Crippen MR) is 51.2 cm³/mol. The van der Waals surface area contributed by atoms with E-state index in [9.17, 15) is 13.2 Å². The fourth-order valence-corrected chi connectivity index (χ4v) is 1.80. The highest BCUT2D eigenvalue weighted by atomic mass is 35.5. The summed E-state index contributed by atoms with van der Waals surface area (Å²) in [5, 5.41) is 0. The number of halogens is 1. The van der Waals surface area contributed by atoms with Crippen LogP contribution in [0.4, 0.5) is 0 Å². The molecule has 0 unspecified atom stereocenters. The smallest absolute Gasteiger partial charge is 0.237 e. The molecular weight excluding hydrogens is 216 g/mol. The highest BCUT2D eigenvalue weighted by molar-refractivity contribution is 7.89. The molecule has 0 rings (SSSR count). The molecule has 0 aliphatic heterocycles. The van der Waals surface area contributed by atoms with Gasteiger partial charge in [-0.15, -0.1) is 11.6 Å². The molecule has 0 radical (unpaired) electrons. The van der Waals surface area contributed by atoms with Crippen LogP contribution in [0.1, 0.15) is 0 Å². The number of likely N-dealkylation sites (N-methyl/N-ethyl adjacent to an activating group) is 1. The third kappa shape index (κ3) is 5.84. The number of alkyl halides is 1. The molecular formula is C6H13ClN2O3S. The molecule has 0 fully saturated rings. The van der Waals surface area contributed by atoms with Gasteiger partial charge in [0.25, 0.3) is 0 Å². The molecule has 1 amide bonds. The molecule has 13 heavy (non-hydrogen) atoms. The van der Waals surface area contributed by atoms with Crippen LogP contribution in [0.25, 0.3) is 0 Å². The van der Waals surface area contributed by atoms with Gasteiger partial charge in [0, 0.05) is 20.0 Å². The number of carbonyl (C=O) groups is 1. The number of hydrogen-bond acceptors (Lipinski definition) is 3. The summed E-state index contributed by atoms with van der Waals surface area (Å²) in [6.45, 7) is -0.216. The highest BCUT2D eigenvalue weighted by Crippen LogP contribution is 1.87. The van der Waals surface area contributed by atoms with E-state index < -0.39 is 10.0 Å². The van der Waals surface area contributed by atoms with Crippen molar-refractivity contribution in [2.45, 2.75) is 0 Å². The van der Waals surface area contributed by atoms with Crippen LogP contribution >= 0.6 is 11.6 Å². The van der Waals surface area contributed by atoms with E-state index in [4.69, 9.17) is 11.6 Å². The Balaban J connectivity index is 3.96. The summed E-state index contributed by atoms with van der Waals surface area (Å²) < 4.78 is 24.1. The molecule has 0 aliphatic rings. The first-order valence-corrected chi connectivity index (χ1v) is 5.81. The maximum Gasteiger partial charge on any atom is 0.237 e. The van der Waals surface area contributed by atoms with Gasteiger partial charge in [0.15, 0.2) is 0 Å². The van der Waals surface area contributed by atoms with Gasteiger partial charge in [0.05, 0.1) is 12.3 Å². The Bertz CT molecular complexity index is 263. The molecule has 0 spiro atoms. The second-order valence-electron chi connectivity index (χ2n) is 2.62. The molecule has 7 heteroatoms. The molecule has 0 aliphatic carbocycles. The zero-order valence-corrected chi connectivity index (χ0v) is 9.15. The van der Waals surface area contributed by atoms with Crippen molar-refractivity contribution < 1.29 is 13.2 Å². The number of sulfonamides is 1. The van der Waals surface area contributed by atoms with Gasteiger partial charge in [0.1, 0.15) is 0 Å². The monoisotopic (exact) mass is 228 g/mol. The normalized spacial score (nSPS) is 11.3. The zero-order chi connectivity index (χ0) is 10.5. The summed E-state index contributed by atoms with van der Waals surface area (Å²) in [4.78, 5) is 12.3. The van der Waals surface area contributed by atoms with Gasteiger partial charge in [-0.1, -0.05) is 0 Å². The summed E-state index contributed by atoms with van der Waals surface area (Å²) in [7, 11) is -0.282. The number of rotatable bonds is 5. The lowest BCUT2D eigenvalue weighted by atomic mass is 10.6. The minimum absolute atomic E-state index is 0.0193. The molecule has 0 saturated heterocycles. The van der Waals surface area contributed by atoms with Crippen LogP contribution in [-0.4, -0.2) is 51.5 Å². The molecule has 0 saturated carbocycles. The number of nitrogens with one attached hydrogen (secondary N) is 1. The van der Waals surface area contributed by atoms with Gasteiger partial charge in [-0.25, -0.2) is 13.1 Å². The van der Waals surface area contributed by atoms with E-state index in [0.29, 0.717) is 0 Å². The van der Waals surface area contributed by atoms with Crippen LogP contribution in [0.2, 0.25) is 0 Å². The van der Waals surface area contributed by atoms with Gasteiger partial charge in [-0.2, -0.15) is 0 Å². The standard InChI is InChI=1S/C6H13ClN2O3S/c1-9(2)6(10)5-8-13(11,12)4-3-7/h8H,3-5H2,1-2H3. The van der Waals surface area contributed by atoms with E-state index in [0.717, 1.165) is 0 Å². The molecule has 0 aromatic rings. The second kappa shape index (κ2) is 5.41. The molecule has 0 aromatic carbocycles. The summed E-state index contributed by atoms with van der Waals surface area (Å²) in [5.41, 5.74) is 0. The summed E-state index contributed by atoms with van der Waals surface area (Å²) in [5.74, 6) is -0.445. The first-order chi connectivity index (χ1) is 5.89. The van der Waals surface area contributed by atoms with Crippen molar-refractivity contribution in [1.29, 1.82) is 0 Å². The predicted octanol–water partition coefficient (Wildman–Crippen LogP) is -0.767. The van der Waals surface area contributed by atoms with E-state index in [1.165, 1.54) is 4.90 Å². The number of hydrogen-bond donors (Lipinski definition) is 1. The topological polar surface area (TPSA) is 66.5 Å². The Morgan fingerprint density at radius 1 is 1.46 bits per heavy atom. The highest BCUT2D eigenvalue weighted by Gasteiger charge is 2.11. The Kier molecular flexibility index (Phi) is 5.27. The quantitative estimate of drug-likeness (QED) is 0.629. The zero-order valence-electron chi connectivity index (χ0n) is 7.58. The maximum absolute atomic E-state index is 11.0. The van der Waals surface area contributed by atoms with Crippen molar-refractivity contribution >= 4 is 27.5 Å². The summed E-state index contributed by atoms with van der Waals surface area (Å²) in [6.07, 6.45) is 0. The van der Waals surface area contributed by atoms with Gasteiger partial charge in [-0.3, -0.25) is 4.79 Å². The van der Waals surface area contributed by atoms with Crippen LogP contribution in [0.3, 0.4) is 0 Å². The molecule has 0 heterocycles. The van der Waals surface area contributed by atoms with Crippen molar-refractivity contribution in [2.24, 2.45) is 0 Å². The van der Waals surface area contributed by atoms with Crippen LogP contribution in [-0.2, 0) is 14.8 Å². The SMILES string of the molecule is CN(C)C(=O)CNS(=O)(=O)CCCl. The average Bonchev–Trinajstić information content (AvgIpc) is 2.00. The third-order valence-corrected chi connectivity index (χ3v) is 3.03. The van der Waals surface area contributed by atoms with Gasteiger partial charge in [0.2, 0.25) is 15.9 Å². The minimum Gasteiger partial charge on any atom is -0.348 e. The third-order valence-electron chi connectivity index (χ3n) is 1.29. The summed E-state index contributed by atoms with van der Waals surface area (Å²) >= 11 is 5.25. The van der Waals surface area contributed by atoms with Crippen molar-refractivity contribution in [2.75, 3.05) is 32.3 Å². The molecule has 0 bridgehead atoms. The maximum atomic E-state index is 11.0. The van der Waals surface area contributed by atoms with E-state index in [1.54, 1.807) is 14.1 Å². The first-order valence-electron chi connectivity index (χ1n) is 3.62. The van der Waals surface area contributed by atoms with Crippen molar-refractivity contribution in [3.05, 3.63) is 0 Å². The van der Waals surface area contributed by atoms with Gasteiger partial charge < -0.3 is 4.90 Å². The Labute approximate surface area is 83.1 Å². The molecule has 78 valence electrons. The molecule has 1 N–H and O–H groups in total. The van der Waals surface area contributed by atoms with E-state index in [-0.39, 0.29) is 24.1 Å². The number of amides is 1. The molecule has 0 aromatic heterocycles. The van der Waals surface area contributed by atoms with E-state index >= 15 is 0 Å². The Morgan fingerprint density at radius 3 is 2.38 bits per heavy atom. The van der Waals surface area contributed by atoms with Crippen LogP contribution in [0, 0.1) is 0 Å². The largest absolute Gasteiger partial charge is 0.348 e. The van der Waals surface area contributed by atoms with Crippen LogP contribution in [0.5, 0.6) is 0 Å². The fraction of sp³-hybridized carbons (Fsp3) is 0.833. The lowest BCUT2D eigenvalue weighted by Crippen LogP contribution is -2.37. The second-order valence-corrected chi connectivity index (χ2v) is 4.92. The lowest BCUT2D eigenvalue weighted by molar-refractivity contribution is -0.127. The fourth-order valence-electron chi connectivity index (χ4n) is 0.504. The number of carbonyl (C=O) groups excluding carboxylic acids is 1. The van der Waals surface area contributed by atoms with Crippen molar-refractivity contribution in [3.63, 3.8) is 0 Å². The van der Waals surface area contributed by atoms with Gasteiger partial charge >= 0.3 is 0 Å². The minimum atomic E-state index is -3.39. The Hall–Kier alpha value is -0.330. The first kappa shape index (κ1) is 12.7. The van der Waals surface area contributed by atoms with E-state index in [2.05, 4.69) is 4.72 Å². The van der Waals surface area contributed by atoms with Crippen LogP contribution < -0.4 is 4.72 Å².